The molecule has 27 heavy (non-hydrogen) atoms. The highest BCUT2D eigenvalue weighted by Gasteiger charge is 2.33. The van der Waals surface area contributed by atoms with Crippen LogP contribution in [0.3, 0.4) is 0 Å². The number of hydrogen-bond donors (Lipinski definition) is 1. The van der Waals surface area contributed by atoms with Crippen LogP contribution in [-0.2, 0) is 10.0 Å². The van der Waals surface area contributed by atoms with Gasteiger partial charge in [0.2, 0.25) is 10.0 Å². The van der Waals surface area contributed by atoms with Crippen LogP contribution in [0.5, 0.6) is 11.5 Å². The number of nitrogens with one attached hydrogen (secondary N) is 1. The largest absolute Gasteiger partial charge is 0.573 e. The number of rotatable bonds is 4. The lowest BCUT2D eigenvalue weighted by Crippen LogP contribution is -2.33. The minimum atomic E-state index is -4.91. The third-order valence-electron chi connectivity index (χ3n) is 3.76. The molecule has 0 spiro atoms. The van der Waals surface area contributed by atoms with Gasteiger partial charge >= 0.3 is 6.36 Å². The highest BCUT2D eigenvalue weighted by atomic mass is 32.2. The molecule has 0 bridgehead atoms. The van der Waals surface area contributed by atoms with Crippen LogP contribution in [0.4, 0.5) is 22.0 Å². The standard InChI is InChI=1S/C16H12F5NO4S/c17-11-5-6-12(18)15-14(11)13(7-8-25-15)22-27(23,24)10-3-1-9(2-4-10)26-16(19,20)21/h1-6,13,22H,7-8H2. The summed E-state index contributed by atoms with van der Waals surface area (Å²) < 4.78 is 100. The molecule has 2 aromatic rings. The summed E-state index contributed by atoms with van der Waals surface area (Å²) in [5.74, 6) is -2.63. The second-order valence-corrected chi connectivity index (χ2v) is 7.32. The van der Waals surface area contributed by atoms with Gasteiger partial charge in [-0.25, -0.2) is 21.9 Å². The second kappa shape index (κ2) is 6.97. The zero-order chi connectivity index (χ0) is 19.8. The van der Waals surface area contributed by atoms with Gasteiger partial charge in [-0.15, -0.1) is 13.2 Å². The Morgan fingerprint density at radius 3 is 2.30 bits per heavy atom. The van der Waals surface area contributed by atoms with Crippen LogP contribution in [0.25, 0.3) is 0 Å². The summed E-state index contributed by atoms with van der Waals surface area (Å²) in [5, 5.41) is 0. The van der Waals surface area contributed by atoms with Crippen LogP contribution in [0.1, 0.15) is 18.0 Å². The first kappa shape index (κ1) is 19.4. The van der Waals surface area contributed by atoms with Crippen LogP contribution in [-0.4, -0.2) is 21.4 Å². The van der Waals surface area contributed by atoms with E-state index in [1.165, 1.54) is 0 Å². The van der Waals surface area contributed by atoms with Crippen LogP contribution in [0, 0.1) is 11.6 Å². The van der Waals surface area contributed by atoms with Gasteiger partial charge < -0.3 is 9.47 Å². The van der Waals surface area contributed by atoms with Crippen molar-refractivity contribution in [1.82, 2.24) is 4.72 Å². The third kappa shape index (κ3) is 4.30. The second-order valence-electron chi connectivity index (χ2n) is 5.60. The van der Waals surface area contributed by atoms with Crippen molar-refractivity contribution >= 4 is 10.0 Å². The molecular formula is C16H12F5NO4S. The topological polar surface area (TPSA) is 64.6 Å². The van der Waals surface area contributed by atoms with E-state index in [1.807, 2.05) is 0 Å². The number of ether oxygens (including phenoxy) is 2. The van der Waals surface area contributed by atoms with Gasteiger partial charge in [-0.2, -0.15) is 0 Å². The molecule has 0 aromatic heterocycles. The predicted octanol–water partition coefficient (Wildman–Crippen LogP) is 3.67. The average Bonchev–Trinajstić information content (AvgIpc) is 2.57. The van der Waals surface area contributed by atoms with E-state index < -0.39 is 39.8 Å². The molecule has 0 amide bonds. The van der Waals surface area contributed by atoms with Crippen molar-refractivity contribution in [3.05, 3.63) is 53.6 Å². The molecule has 1 aliphatic rings. The lowest BCUT2D eigenvalue weighted by atomic mass is 10.0. The molecule has 146 valence electrons. The Labute approximate surface area is 150 Å². The Morgan fingerprint density at radius 1 is 1.04 bits per heavy atom. The van der Waals surface area contributed by atoms with E-state index in [1.54, 1.807) is 0 Å². The van der Waals surface area contributed by atoms with Gasteiger partial charge in [-0.05, 0) is 36.4 Å². The first-order valence-corrected chi connectivity index (χ1v) is 9.04. The minimum absolute atomic E-state index is 0.0427. The Kier molecular flexibility index (Phi) is 5.00. The van der Waals surface area contributed by atoms with Crippen LogP contribution in [0.15, 0.2) is 41.3 Å². The molecule has 1 unspecified atom stereocenters. The summed E-state index contributed by atoms with van der Waals surface area (Å²) in [5.41, 5.74) is -0.262. The summed E-state index contributed by atoms with van der Waals surface area (Å²) in [7, 11) is -4.22. The molecule has 0 radical (unpaired) electrons. The Balaban J connectivity index is 1.85. The number of hydrogen-bond acceptors (Lipinski definition) is 4. The number of alkyl halides is 3. The van der Waals surface area contributed by atoms with Gasteiger partial charge in [0.25, 0.3) is 0 Å². The maximum Gasteiger partial charge on any atom is 0.573 e. The monoisotopic (exact) mass is 409 g/mol. The fraction of sp³-hybridized carbons (Fsp3) is 0.250. The predicted molar refractivity (Wildman–Crippen MR) is 82.7 cm³/mol. The van der Waals surface area contributed by atoms with E-state index in [4.69, 9.17) is 4.74 Å². The van der Waals surface area contributed by atoms with Gasteiger partial charge in [0.1, 0.15) is 11.6 Å². The molecule has 1 atom stereocenters. The molecular weight excluding hydrogens is 397 g/mol. The SMILES string of the molecule is O=S(=O)(NC1CCOc2c(F)ccc(F)c21)c1ccc(OC(F)(F)F)cc1. The number of sulfonamides is 1. The zero-order valence-electron chi connectivity index (χ0n) is 13.4. The van der Waals surface area contributed by atoms with Crippen molar-refractivity contribution in [3.8, 4) is 11.5 Å². The molecule has 0 saturated heterocycles. The third-order valence-corrected chi connectivity index (χ3v) is 5.25. The fourth-order valence-corrected chi connectivity index (χ4v) is 3.88. The summed E-state index contributed by atoms with van der Waals surface area (Å²) in [6.45, 7) is -0.0427. The van der Waals surface area contributed by atoms with Gasteiger partial charge in [0.15, 0.2) is 11.6 Å². The maximum atomic E-state index is 14.1. The maximum absolute atomic E-state index is 14.1. The molecule has 1 heterocycles. The summed E-state index contributed by atoms with van der Waals surface area (Å²) >= 11 is 0. The molecule has 11 heteroatoms. The van der Waals surface area contributed by atoms with E-state index in [2.05, 4.69) is 9.46 Å². The van der Waals surface area contributed by atoms with Crippen LogP contribution >= 0.6 is 0 Å². The Bertz CT molecular complexity index is 945. The normalized spacial score (nSPS) is 17.1. The fourth-order valence-electron chi connectivity index (χ4n) is 2.64. The Morgan fingerprint density at radius 2 is 1.67 bits per heavy atom. The van der Waals surface area contributed by atoms with Crippen molar-refractivity contribution < 1.29 is 39.8 Å². The van der Waals surface area contributed by atoms with E-state index in [9.17, 15) is 30.4 Å². The van der Waals surface area contributed by atoms with E-state index in [-0.39, 0.29) is 29.2 Å². The molecule has 0 aliphatic carbocycles. The van der Waals surface area contributed by atoms with Crippen molar-refractivity contribution in [2.75, 3.05) is 6.61 Å². The zero-order valence-corrected chi connectivity index (χ0v) is 14.2. The van der Waals surface area contributed by atoms with Crippen molar-refractivity contribution in [2.24, 2.45) is 0 Å². The Hall–Kier alpha value is -2.40. The molecule has 2 aromatic carbocycles. The minimum Gasteiger partial charge on any atom is -0.490 e. The van der Waals surface area contributed by atoms with E-state index >= 15 is 0 Å². The molecule has 0 saturated carbocycles. The van der Waals surface area contributed by atoms with Crippen LogP contribution < -0.4 is 14.2 Å². The molecule has 1 aliphatic heterocycles. The van der Waals surface area contributed by atoms with E-state index in [0.29, 0.717) is 0 Å². The molecule has 0 fully saturated rings. The lowest BCUT2D eigenvalue weighted by Gasteiger charge is -2.27. The van der Waals surface area contributed by atoms with Gasteiger partial charge in [0.05, 0.1) is 23.1 Å². The highest BCUT2D eigenvalue weighted by molar-refractivity contribution is 7.89. The number of halogens is 5. The molecule has 1 N–H and O–H groups in total. The molecule has 5 nitrogen and oxygen atoms in total. The quantitative estimate of drug-likeness (QED) is 0.783. The average molecular weight is 409 g/mol. The van der Waals surface area contributed by atoms with Crippen molar-refractivity contribution in [3.63, 3.8) is 0 Å². The van der Waals surface area contributed by atoms with Crippen molar-refractivity contribution in [1.29, 1.82) is 0 Å². The number of fused-ring (bicyclic) bond motifs is 1. The summed E-state index contributed by atoms with van der Waals surface area (Å²) in [6.07, 6.45) is -4.87. The van der Waals surface area contributed by atoms with Gasteiger partial charge in [-0.3, -0.25) is 0 Å². The lowest BCUT2D eigenvalue weighted by molar-refractivity contribution is -0.274. The first-order chi connectivity index (χ1) is 12.6. The van der Waals surface area contributed by atoms with Gasteiger partial charge in [-0.1, -0.05) is 0 Å². The molecule has 3 rings (SSSR count). The first-order valence-electron chi connectivity index (χ1n) is 7.56. The summed E-state index contributed by atoms with van der Waals surface area (Å²) in [4.78, 5) is -0.359. The van der Waals surface area contributed by atoms with Gasteiger partial charge in [0, 0.05) is 6.42 Å². The smallest absolute Gasteiger partial charge is 0.490 e. The number of benzene rings is 2. The highest BCUT2D eigenvalue weighted by Crippen LogP contribution is 2.37. The van der Waals surface area contributed by atoms with Crippen molar-refractivity contribution in [2.45, 2.75) is 23.7 Å². The summed E-state index contributed by atoms with van der Waals surface area (Å²) in [6, 6.07) is 4.11. The van der Waals surface area contributed by atoms with Crippen LogP contribution in [0.2, 0.25) is 0 Å². The van der Waals surface area contributed by atoms with E-state index in [0.717, 1.165) is 36.4 Å².